The normalized spacial score (nSPS) is 32.2. The van der Waals surface area contributed by atoms with Crippen LogP contribution in [0.5, 0.6) is 0 Å². The van der Waals surface area contributed by atoms with Gasteiger partial charge in [0.15, 0.2) is 0 Å². The number of allylic oxidation sites excluding steroid dienone is 3. The molecule has 0 saturated heterocycles. The third-order valence-electron chi connectivity index (χ3n) is 2.80. The first kappa shape index (κ1) is 9.44. The van der Waals surface area contributed by atoms with Crippen molar-refractivity contribution in [1.29, 1.82) is 0 Å². The Balaban J connectivity index is 2.25. The molecule has 1 unspecified atom stereocenters. The highest BCUT2D eigenvalue weighted by Crippen LogP contribution is 2.33. The average molecular weight is 289 g/mol. The molecule has 0 amide bonds. The smallest absolute Gasteiger partial charge is 0.0246 e. The molecule has 2 aliphatic rings. The van der Waals surface area contributed by atoms with Crippen molar-refractivity contribution in [1.82, 2.24) is 5.32 Å². The number of nitrogens with one attached hydrogen (secondary N) is 1. The monoisotopic (exact) mass is 289 g/mol. The summed E-state index contributed by atoms with van der Waals surface area (Å²) in [6.45, 7) is 4.56. The maximum atomic E-state index is 3.57. The molecule has 0 aromatic carbocycles. The van der Waals surface area contributed by atoms with Crippen LogP contribution in [0.2, 0.25) is 0 Å². The van der Waals surface area contributed by atoms with E-state index < -0.39 is 0 Å². The second-order valence-electron chi connectivity index (χ2n) is 3.72. The Morgan fingerprint density at radius 3 is 3.23 bits per heavy atom. The van der Waals surface area contributed by atoms with Gasteiger partial charge in [-0.15, -0.1) is 0 Å². The highest BCUT2D eigenvalue weighted by Gasteiger charge is 2.25. The van der Waals surface area contributed by atoms with Crippen LogP contribution in [-0.4, -0.2) is 4.01 Å². The molecule has 72 valence electrons. The summed E-state index contributed by atoms with van der Waals surface area (Å²) in [6.07, 6.45) is 4.83. The van der Waals surface area contributed by atoms with Crippen molar-refractivity contribution < 1.29 is 0 Å². The van der Waals surface area contributed by atoms with Crippen LogP contribution in [0.1, 0.15) is 26.7 Å². The first-order valence-corrected chi connectivity index (χ1v) is 7.41. The van der Waals surface area contributed by atoms with E-state index in [2.05, 4.69) is 33.3 Å². The SMILES string of the molecule is CCC1=CC(C)[C@@H]2CC=IC=C2N1. The number of hydrogen-bond acceptors (Lipinski definition) is 1. The zero-order valence-electron chi connectivity index (χ0n) is 8.18. The van der Waals surface area contributed by atoms with E-state index in [1.165, 1.54) is 17.8 Å². The van der Waals surface area contributed by atoms with E-state index in [-0.39, 0.29) is 20.7 Å². The van der Waals surface area contributed by atoms with Crippen molar-refractivity contribution in [2.24, 2.45) is 11.8 Å². The van der Waals surface area contributed by atoms with Crippen LogP contribution >= 0.6 is 20.7 Å². The Kier molecular flexibility index (Phi) is 2.86. The lowest BCUT2D eigenvalue weighted by atomic mass is 9.85. The zero-order valence-corrected chi connectivity index (χ0v) is 10.3. The van der Waals surface area contributed by atoms with Gasteiger partial charge >= 0.3 is 0 Å². The highest BCUT2D eigenvalue weighted by atomic mass is 127. The summed E-state index contributed by atoms with van der Waals surface area (Å²) in [5, 5.41) is 3.57. The maximum Gasteiger partial charge on any atom is 0.0246 e. The number of rotatable bonds is 1. The van der Waals surface area contributed by atoms with E-state index >= 15 is 0 Å². The lowest BCUT2D eigenvalue weighted by molar-refractivity contribution is 0.456. The van der Waals surface area contributed by atoms with Crippen LogP contribution in [-0.2, 0) is 0 Å². The van der Waals surface area contributed by atoms with Crippen molar-refractivity contribution in [2.45, 2.75) is 26.7 Å². The minimum atomic E-state index is 0.248. The largest absolute Gasteiger partial charge is 0.362 e. The molecule has 2 atom stereocenters. The van der Waals surface area contributed by atoms with Gasteiger partial charge in [-0.1, -0.05) is 44.7 Å². The summed E-state index contributed by atoms with van der Waals surface area (Å²) in [4.78, 5) is 0. The van der Waals surface area contributed by atoms with Crippen LogP contribution < -0.4 is 5.32 Å². The molecule has 0 spiro atoms. The Bertz CT molecular complexity index is 288. The Labute approximate surface area is 90.0 Å². The molecule has 13 heavy (non-hydrogen) atoms. The van der Waals surface area contributed by atoms with Gasteiger partial charge in [0.2, 0.25) is 0 Å². The van der Waals surface area contributed by atoms with Crippen molar-refractivity contribution in [3.63, 3.8) is 0 Å². The zero-order chi connectivity index (χ0) is 9.26. The molecule has 0 saturated carbocycles. The van der Waals surface area contributed by atoms with Gasteiger partial charge in [0.25, 0.3) is 0 Å². The maximum absolute atomic E-state index is 3.57. The fourth-order valence-electron chi connectivity index (χ4n) is 1.95. The van der Waals surface area contributed by atoms with Gasteiger partial charge in [-0.25, -0.2) is 0 Å². The van der Waals surface area contributed by atoms with Crippen LogP contribution in [0.3, 0.4) is 0 Å². The van der Waals surface area contributed by atoms with Crippen molar-refractivity contribution in [2.75, 3.05) is 0 Å². The third kappa shape index (κ3) is 1.87. The second kappa shape index (κ2) is 3.95. The summed E-state index contributed by atoms with van der Waals surface area (Å²) in [6, 6.07) is 0. The molecule has 0 aromatic heterocycles. The molecule has 0 bridgehead atoms. The van der Waals surface area contributed by atoms with Crippen LogP contribution in [0.15, 0.2) is 21.6 Å². The van der Waals surface area contributed by atoms with Crippen molar-refractivity contribution in [3.05, 3.63) is 21.6 Å². The Morgan fingerprint density at radius 2 is 2.46 bits per heavy atom. The van der Waals surface area contributed by atoms with Gasteiger partial charge in [0, 0.05) is 17.3 Å². The van der Waals surface area contributed by atoms with Crippen molar-refractivity contribution >= 4 is 24.7 Å². The lowest BCUT2D eigenvalue weighted by Crippen LogP contribution is -2.30. The minimum absolute atomic E-state index is 0.248. The number of hydrogen-bond donors (Lipinski definition) is 1. The summed E-state index contributed by atoms with van der Waals surface area (Å²) >= 11 is 0.248. The molecule has 0 fully saturated rings. The molecule has 0 radical (unpaired) electrons. The van der Waals surface area contributed by atoms with Gasteiger partial charge in [-0.2, -0.15) is 0 Å². The molecule has 2 heterocycles. The van der Waals surface area contributed by atoms with Crippen LogP contribution in [0, 0.1) is 11.8 Å². The van der Waals surface area contributed by atoms with E-state index in [1.807, 2.05) is 0 Å². The second-order valence-corrected chi connectivity index (χ2v) is 5.94. The summed E-state index contributed by atoms with van der Waals surface area (Å²) < 4.78 is 4.95. The van der Waals surface area contributed by atoms with Crippen molar-refractivity contribution in [3.8, 4) is 0 Å². The number of halogens is 1. The minimum Gasteiger partial charge on any atom is -0.362 e. The summed E-state index contributed by atoms with van der Waals surface area (Å²) in [7, 11) is 0. The molecular weight excluding hydrogens is 273 g/mol. The third-order valence-corrected chi connectivity index (χ3v) is 4.84. The van der Waals surface area contributed by atoms with E-state index in [9.17, 15) is 0 Å². The fourth-order valence-corrected chi connectivity index (χ4v) is 4.05. The van der Waals surface area contributed by atoms with Gasteiger partial charge in [0.05, 0.1) is 0 Å². The molecule has 0 aromatic rings. The van der Waals surface area contributed by atoms with Gasteiger partial charge in [-0.3, -0.25) is 0 Å². The molecular formula is C11H16IN. The van der Waals surface area contributed by atoms with Gasteiger partial charge < -0.3 is 5.32 Å². The topological polar surface area (TPSA) is 12.0 Å². The number of fused-ring (bicyclic) bond motifs is 1. The lowest BCUT2D eigenvalue weighted by Gasteiger charge is -2.32. The van der Waals surface area contributed by atoms with Crippen LogP contribution in [0.4, 0.5) is 0 Å². The van der Waals surface area contributed by atoms with E-state index in [0.717, 1.165) is 18.3 Å². The molecule has 2 heteroatoms. The Morgan fingerprint density at radius 1 is 1.62 bits per heavy atom. The molecule has 1 nitrogen and oxygen atoms in total. The standard InChI is InChI=1S/C11H16IN/c1-3-9-6-8(2)10-4-5-12-7-11(10)13-9/h5-8,10,13H,3-4H2,1-2H3/t8?,10-/m0/s1. The summed E-state index contributed by atoms with van der Waals surface area (Å²) in [5.41, 5.74) is 2.93. The van der Waals surface area contributed by atoms with Gasteiger partial charge in [-0.05, 0) is 22.8 Å². The molecule has 0 aliphatic carbocycles. The molecule has 2 rings (SSSR count). The van der Waals surface area contributed by atoms with Crippen LogP contribution in [0.25, 0.3) is 0 Å². The van der Waals surface area contributed by atoms with E-state index in [0.29, 0.717) is 0 Å². The first-order chi connectivity index (χ1) is 6.31. The quantitative estimate of drug-likeness (QED) is 0.731. The molecule has 2 aliphatic heterocycles. The van der Waals surface area contributed by atoms with E-state index in [4.69, 9.17) is 0 Å². The first-order valence-electron chi connectivity index (χ1n) is 4.92. The predicted octanol–water partition coefficient (Wildman–Crippen LogP) is 3.15. The predicted molar refractivity (Wildman–Crippen MR) is 66.9 cm³/mol. The van der Waals surface area contributed by atoms with E-state index in [1.54, 1.807) is 0 Å². The average Bonchev–Trinajstić information content (AvgIpc) is 2.18. The fraction of sp³-hybridized carbons (Fsp3) is 0.545. The van der Waals surface area contributed by atoms with Gasteiger partial charge in [0.1, 0.15) is 0 Å². The Hall–Kier alpha value is -0.120. The summed E-state index contributed by atoms with van der Waals surface area (Å²) in [5.74, 6) is 1.48. The molecule has 1 N–H and O–H groups in total. The highest BCUT2D eigenvalue weighted by molar-refractivity contribution is 14.2.